The van der Waals surface area contributed by atoms with E-state index in [1.54, 1.807) is 13.0 Å². The number of unbranched alkanes of at least 4 members (excludes halogenated alkanes) is 2. The summed E-state index contributed by atoms with van der Waals surface area (Å²) >= 11 is 0. The van der Waals surface area contributed by atoms with Crippen LogP contribution in [0.15, 0.2) is 6.07 Å². The van der Waals surface area contributed by atoms with E-state index in [0.29, 0.717) is 24.6 Å². The summed E-state index contributed by atoms with van der Waals surface area (Å²) in [6, 6.07) is 3.60. The van der Waals surface area contributed by atoms with Crippen LogP contribution in [0.4, 0.5) is 5.95 Å². The molecule has 6 nitrogen and oxygen atoms in total. The van der Waals surface area contributed by atoms with E-state index in [4.69, 9.17) is 10.4 Å². The van der Waals surface area contributed by atoms with Gasteiger partial charge in [-0.25, -0.2) is 9.97 Å². The molecule has 0 bridgehead atoms. The van der Waals surface area contributed by atoms with Gasteiger partial charge in [-0.05, 0) is 25.8 Å². The average Bonchev–Trinajstić information content (AvgIpc) is 2.32. The van der Waals surface area contributed by atoms with Crippen molar-refractivity contribution in [3.8, 4) is 6.07 Å². The predicted octanol–water partition coefficient (Wildman–Crippen LogP) is 1.71. The number of nitrogens with one attached hydrogen (secondary N) is 1. The number of hydrogen-bond acceptors (Lipinski definition) is 5. The molecule has 1 aromatic rings. The van der Waals surface area contributed by atoms with Gasteiger partial charge >= 0.3 is 5.97 Å². The van der Waals surface area contributed by atoms with Crippen LogP contribution < -0.4 is 5.32 Å². The molecule has 1 aromatic heterocycles. The van der Waals surface area contributed by atoms with Crippen LogP contribution in [0.1, 0.15) is 37.1 Å². The standard InChI is InChI=1S/C12H16N4O2/c1-9-7-10(8-13)16-12(15-9)14-6-4-2-3-5-11(17)18/h7H,2-6H2,1H3,(H,17,18)(H,14,15,16). The zero-order valence-corrected chi connectivity index (χ0v) is 10.3. The first-order valence-electron chi connectivity index (χ1n) is 5.83. The molecule has 0 aliphatic carbocycles. The fourth-order valence-corrected chi connectivity index (χ4v) is 1.48. The van der Waals surface area contributed by atoms with Crippen LogP contribution in [0.25, 0.3) is 0 Å². The Balaban J connectivity index is 2.29. The van der Waals surface area contributed by atoms with E-state index >= 15 is 0 Å². The molecule has 0 aliphatic heterocycles. The molecule has 0 aromatic carbocycles. The maximum absolute atomic E-state index is 10.3. The number of carboxylic acid groups (broad SMARTS) is 1. The zero-order chi connectivity index (χ0) is 13.4. The monoisotopic (exact) mass is 248 g/mol. The van der Waals surface area contributed by atoms with Gasteiger partial charge in [0, 0.05) is 18.7 Å². The Morgan fingerprint density at radius 2 is 2.22 bits per heavy atom. The smallest absolute Gasteiger partial charge is 0.303 e. The van der Waals surface area contributed by atoms with Crippen LogP contribution in [0.5, 0.6) is 0 Å². The Hall–Kier alpha value is -2.16. The van der Waals surface area contributed by atoms with Crippen LogP contribution >= 0.6 is 0 Å². The first kappa shape index (κ1) is 13.9. The molecule has 0 saturated carbocycles. The highest BCUT2D eigenvalue weighted by Gasteiger charge is 2.01. The van der Waals surface area contributed by atoms with Crippen molar-refractivity contribution in [2.75, 3.05) is 11.9 Å². The van der Waals surface area contributed by atoms with E-state index < -0.39 is 5.97 Å². The molecule has 0 unspecified atom stereocenters. The Labute approximate surface area is 106 Å². The molecule has 6 heteroatoms. The van der Waals surface area contributed by atoms with Gasteiger partial charge in [-0.15, -0.1) is 0 Å². The van der Waals surface area contributed by atoms with Crippen molar-refractivity contribution in [3.63, 3.8) is 0 Å². The molecule has 0 amide bonds. The second-order valence-electron chi connectivity index (χ2n) is 3.96. The van der Waals surface area contributed by atoms with Gasteiger partial charge in [0.15, 0.2) is 0 Å². The molecule has 0 spiro atoms. The van der Waals surface area contributed by atoms with Gasteiger partial charge in [0.1, 0.15) is 11.8 Å². The summed E-state index contributed by atoms with van der Waals surface area (Å²) in [5, 5.41) is 20.3. The topological polar surface area (TPSA) is 98.9 Å². The largest absolute Gasteiger partial charge is 0.481 e. The second kappa shape index (κ2) is 7.22. The number of carbonyl (C=O) groups is 1. The molecule has 0 fully saturated rings. The van der Waals surface area contributed by atoms with Gasteiger partial charge in [0.05, 0.1) is 0 Å². The summed E-state index contributed by atoms with van der Waals surface area (Å²) in [6.45, 7) is 2.48. The maximum Gasteiger partial charge on any atom is 0.303 e. The molecule has 2 N–H and O–H groups in total. The minimum Gasteiger partial charge on any atom is -0.481 e. The molecule has 0 radical (unpaired) electrons. The highest BCUT2D eigenvalue weighted by molar-refractivity contribution is 5.66. The number of carboxylic acids is 1. The minimum atomic E-state index is -0.761. The number of nitriles is 1. The van der Waals surface area contributed by atoms with E-state index in [1.165, 1.54) is 0 Å². The van der Waals surface area contributed by atoms with Crippen LogP contribution in [0.2, 0.25) is 0 Å². The van der Waals surface area contributed by atoms with E-state index in [0.717, 1.165) is 18.5 Å². The molecule has 96 valence electrons. The van der Waals surface area contributed by atoms with E-state index in [-0.39, 0.29) is 6.42 Å². The fourth-order valence-electron chi connectivity index (χ4n) is 1.48. The van der Waals surface area contributed by atoms with E-state index in [1.807, 2.05) is 6.07 Å². The van der Waals surface area contributed by atoms with E-state index in [9.17, 15) is 4.79 Å². The summed E-state index contributed by atoms with van der Waals surface area (Å²) in [6.07, 6.45) is 2.58. The minimum absolute atomic E-state index is 0.208. The van der Waals surface area contributed by atoms with Gasteiger partial charge in [0.2, 0.25) is 5.95 Å². The Bertz CT molecular complexity index is 454. The van der Waals surface area contributed by atoms with Crippen molar-refractivity contribution in [1.82, 2.24) is 9.97 Å². The summed E-state index contributed by atoms with van der Waals surface area (Å²) in [7, 11) is 0. The Morgan fingerprint density at radius 1 is 1.44 bits per heavy atom. The van der Waals surface area contributed by atoms with Gasteiger partial charge in [-0.2, -0.15) is 5.26 Å². The van der Waals surface area contributed by atoms with Crippen LogP contribution in [0.3, 0.4) is 0 Å². The normalized spacial score (nSPS) is 9.78. The van der Waals surface area contributed by atoms with Crippen LogP contribution in [-0.4, -0.2) is 27.6 Å². The molecule has 18 heavy (non-hydrogen) atoms. The average molecular weight is 248 g/mol. The first-order valence-corrected chi connectivity index (χ1v) is 5.83. The lowest BCUT2D eigenvalue weighted by atomic mass is 10.2. The molecule has 0 aliphatic rings. The van der Waals surface area contributed by atoms with Crippen LogP contribution in [0, 0.1) is 18.3 Å². The van der Waals surface area contributed by atoms with Crippen LogP contribution in [-0.2, 0) is 4.79 Å². The Morgan fingerprint density at radius 3 is 2.89 bits per heavy atom. The molecular formula is C12H16N4O2. The quantitative estimate of drug-likeness (QED) is 0.713. The summed E-state index contributed by atoms with van der Waals surface area (Å²) in [4.78, 5) is 18.5. The first-order chi connectivity index (χ1) is 8.61. The van der Waals surface area contributed by atoms with Crippen molar-refractivity contribution in [3.05, 3.63) is 17.5 Å². The van der Waals surface area contributed by atoms with Crippen molar-refractivity contribution in [1.29, 1.82) is 5.26 Å². The number of aliphatic carboxylic acids is 1. The molecule has 0 atom stereocenters. The highest BCUT2D eigenvalue weighted by atomic mass is 16.4. The number of aryl methyl sites for hydroxylation is 1. The number of aromatic nitrogens is 2. The number of nitrogens with zero attached hydrogens (tertiary/aromatic N) is 3. The SMILES string of the molecule is Cc1cc(C#N)nc(NCCCCCC(=O)O)n1. The van der Waals surface area contributed by atoms with Crippen molar-refractivity contribution >= 4 is 11.9 Å². The van der Waals surface area contributed by atoms with E-state index in [2.05, 4.69) is 15.3 Å². The highest BCUT2D eigenvalue weighted by Crippen LogP contribution is 2.05. The van der Waals surface area contributed by atoms with Gasteiger partial charge in [-0.3, -0.25) is 4.79 Å². The van der Waals surface area contributed by atoms with Gasteiger partial charge in [-0.1, -0.05) is 6.42 Å². The number of anilines is 1. The predicted molar refractivity (Wildman–Crippen MR) is 66.1 cm³/mol. The third-order valence-corrected chi connectivity index (χ3v) is 2.32. The third-order valence-electron chi connectivity index (χ3n) is 2.32. The maximum atomic E-state index is 10.3. The zero-order valence-electron chi connectivity index (χ0n) is 10.3. The van der Waals surface area contributed by atoms with Gasteiger partial charge < -0.3 is 10.4 Å². The van der Waals surface area contributed by atoms with Crippen molar-refractivity contribution in [2.24, 2.45) is 0 Å². The second-order valence-corrected chi connectivity index (χ2v) is 3.96. The molecule has 1 rings (SSSR count). The van der Waals surface area contributed by atoms with Crippen molar-refractivity contribution < 1.29 is 9.90 Å². The summed E-state index contributed by atoms with van der Waals surface area (Å²) < 4.78 is 0. The lowest BCUT2D eigenvalue weighted by molar-refractivity contribution is -0.137. The molecular weight excluding hydrogens is 232 g/mol. The summed E-state index contributed by atoms with van der Waals surface area (Å²) in [5.41, 5.74) is 1.09. The van der Waals surface area contributed by atoms with Gasteiger partial charge in [0.25, 0.3) is 0 Å². The summed E-state index contributed by atoms with van der Waals surface area (Å²) in [5.74, 6) is -0.312. The third kappa shape index (κ3) is 5.25. The Kier molecular flexibility index (Phi) is 5.58. The fraction of sp³-hybridized carbons (Fsp3) is 0.500. The molecule has 1 heterocycles. The number of rotatable bonds is 7. The van der Waals surface area contributed by atoms with Crippen molar-refractivity contribution in [2.45, 2.75) is 32.6 Å². The molecule has 0 saturated heterocycles. The lowest BCUT2D eigenvalue weighted by Gasteiger charge is -2.05. The number of hydrogen-bond donors (Lipinski definition) is 2. The lowest BCUT2D eigenvalue weighted by Crippen LogP contribution is -2.07.